The zero-order valence-electron chi connectivity index (χ0n) is 16.9. The summed E-state index contributed by atoms with van der Waals surface area (Å²) in [6, 6.07) is 16.4. The number of hydrogen-bond donors (Lipinski definition) is 2. The van der Waals surface area contributed by atoms with Crippen LogP contribution in [0.4, 0.5) is 5.69 Å². The molecule has 2 heterocycles. The summed E-state index contributed by atoms with van der Waals surface area (Å²) < 4.78 is 0. The zero-order chi connectivity index (χ0) is 21.8. The van der Waals surface area contributed by atoms with Crippen molar-refractivity contribution in [2.75, 3.05) is 31.5 Å². The molecule has 1 saturated heterocycles. The Labute approximate surface area is 185 Å². The maximum absolute atomic E-state index is 12.8. The number of aromatic amines is 1. The second-order valence-electron chi connectivity index (χ2n) is 7.50. The Morgan fingerprint density at radius 2 is 1.58 bits per heavy atom. The van der Waals surface area contributed by atoms with Crippen molar-refractivity contribution >= 4 is 45.9 Å². The topological polar surface area (TPSA) is 85.5 Å². The molecular formula is C23H23ClN4O3. The lowest BCUT2D eigenvalue weighted by Gasteiger charge is -2.34. The number of hydrogen-bond acceptors (Lipinski definition) is 3. The first-order valence-electron chi connectivity index (χ1n) is 10.2. The fourth-order valence-electron chi connectivity index (χ4n) is 3.65. The Bertz CT molecular complexity index is 1070. The minimum atomic E-state index is -0.219. The summed E-state index contributed by atoms with van der Waals surface area (Å²) >= 11 is 5.83. The summed E-state index contributed by atoms with van der Waals surface area (Å²) in [7, 11) is 0. The van der Waals surface area contributed by atoms with Gasteiger partial charge in [0, 0.05) is 60.6 Å². The number of anilines is 1. The van der Waals surface area contributed by atoms with Crippen molar-refractivity contribution in [3.05, 3.63) is 65.3 Å². The molecule has 1 aliphatic heterocycles. The third-order valence-electron chi connectivity index (χ3n) is 5.37. The van der Waals surface area contributed by atoms with Gasteiger partial charge in [-0.25, -0.2) is 0 Å². The zero-order valence-corrected chi connectivity index (χ0v) is 17.7. The fraction of sp³-hybridized carbons (Fsp3) is 0.261. The molecule has 7 nitrogen and oxygen atoms in total. The molecule has 1 fully saturated rings. The predicted octanol–water partition coefficient (Wildman–Crippen LogP) is 3.52. The van der Waals surface area contributed by atoms with Gasteiger partial charge >= 0.3 is 0 Å². The van der Waals surface area contributed by atoms with E-state index in [0.29, 0.717) is 42.6 Å². The molecule has 2 aromatic carbocycles. The molecule has 0 aliphatic carbocycles. The van der Waals surface area contributed by atoms with Crippen LogP contribution < -0.4 is 5.32 Å². The normalized spacial score (nSPS) is 14.0. The molecule has 31 heavy (non-hydrogen) atoms. The summed E-state index contributed by atoms with van der Waals surface area (Å²) in [6.07, 6.45) is 0.241. The van der Waals surface area contributed by atoms with E-state index in [1.165, 1.54) is 0 Å². The van der Waals surface area contributed by atoms with E-state index in [9.17, 15) is 14.4 Å². The highest BCUT2D eigenvalue weighted by atomic mass is 35.5. The lowest BCUT2D eigenvalue weighted by Crippen LogP contribution is -2.50. The molecule has 4 rings (SSSR count). The van der Waals surface area contributed by atoms with Crippen molar-refractivity contribution in [3.63, 3.8) is 0 Å². The summed E-state index contributed by atoms with van der Waals surface area (Å²) in [5.41, 5.74) is 2.13. The van der Waals surface area contributed by atoms with Gasteiger partial charge in [0.05, 0.1) is 0 Å². The highest BCUT2D eigenvalue weighted by Crippen LogP contribution is 2.17. The smallest absolute Gasteiger partial charge is 0.270 e. The predicted molar refractivity (Wildman–Crippen MR) is 120 cm³/mol. The summed E-state index contributed by atoms with van der Waals surface area (Å²) in [6.45, 7) is 1.86. The van der Waals surface area contributed by atoms with E-state index < -0.39 is 0 Å². The van der Waals surface area contributed by atoms with Gasteiger partial charge in [-0.05, 0) is 36.4 Å². The number of fused-ring (bicyclic) bond motifs is 1. The Morgan fingerprint density at radius 1 is 0.903 bits per heavy atom. The van der Waals surface area contributed by atoms with Crippen molar-refractivity contribution in [2.24, 2.45) is 0 Å². The largest absolute Gasteiger partial charge is 0.351 e. The molecule has 0 saturated carbocycles. The molecule has 0 bridgehead atoms. The van der Waals surface area contributed by atoms with E-state index in [2.05, 4.69) is 10.3 Å². The van der Waals surface area contributed by atoms with E-state index in [-0.39, 0.29) is 30.6 Å². The van der Waals surface area contributed by atoms with Gasteiger partial charge < -0.3 is 20.1 Å². The summed E-state index contributed by atoms with van der Waals surface area (Å²) in [4.78, 5) is 44.0. The van der Waals surface area contributed by atoms with E-state index >= 15 is 0 Å². The number of rotatable bonds is 5. The average Bonchev–Trinajstić information content (AvgIpc) is 3.23. The maximum Gasteiger partial charge on any atom is 0.270 e. The van der Waals surface area contributed by atoms with Crippen LogP contribution in [0.3, 0.4) is 0 Å². The van der Waals surface area contributed by atoms with E-state index in [0.717, 1.165) is 10.9 Å². The van der Waals surface area contributed by atoms with Gasteiger partial charge in [0.1, 0.15) is 5.69 Å². The van der Waals surface area contributed by atoms with Gasteiger partial charge in [-0.1, -0.05) is 29.8 Å². The quantitative estimate of drug-likeness (QED) is 0.639. The number of halogens is 1. The van der Waals surface area contributed by atoms with Crippen molar-refractivity contribution in [3.8, 4) is 0 Å². The second-order valence-corrected chi connectivity index (χ2v) is 7.93. The summed E-state index contributed by atoms with van der Waals surface area (Å²) in [5, 5.41) is 4.34. The molecule has 1 aromatic heterocycles. The van der Waals surface area contributed by atoms with Crippen LogP contribution in [0, 0.1) is 0 Å². The third kappa shape index (κ3) is 5.06. The minimum Gasteiger partial charge on any atom is -0.351 e. The van der Waals surface area contributed by atoms with Crippen LogP contribution in [-0.4, -0.2) is 58.7 Å². The number of carbonyl (C=O) groups is 3. The van der Waals surface area contributed by atoms with Crippen LogP contribution in [0.5, 0.6) is 0 Å². The average molecular weight is 439 g/mol. The molecule has 3 aromatic rings. The van der Waals surface area contributed by atoms with Crippen molar-refractivity contribution < 1.29 is 14.4 Å². The van der Waals surface area contributed by atoms with E-state index in [1.807, 2.05) is 30.3 Å². The molecular weight excluding hydrogens is 416 g/mol. The highest BCUT2D eigenvalue weighted by molar-refractivity contribution is 6.30. The molecule has 0 spiro atoms. The van der Waals surface area contributed by atoms with Gasteiger partial charge in [0.15, 0.2) is 0 Å². The van der Waals surface area contributed by atoms with Gasteiger partial charge in [-0.15, -0.1) is 0 Å². The monoisotopic (exact) mass is 438 g/mol. The molecule has 160 valence electrons. The molecule has 1 aliphatic rings. The molecule has 0 unspecified atom stereocenters. The Hall–Kier alpha value is -3.32. The summed E-state index contributed by atoms with van der Waals surface area (Å²) in [5.74, 6) is -0.363. The number of benzene rings is 2. The van der Waals surface area contributed by atoms with Crippen molar-refractivity contribution in [2.45, 2.75) is 12.8 Å². The number of amides is 3. The van der Waals surface area contributed by atoms with Crippen LogP contribution in [-0.2, 0) is 9.59 Å². The highest BCUT2D eigenvalue weighted by Gasteiger charge is 2.25. The fourth-order valence-corrected chi connectivity index (χ4v) is 3.78. The SMILES string of the molecule is O=C(CCC(=O)N1CCN(C(=O)c2cc3ccccc3[nH]2)CC1)Nc1ccc(Cl)cc1. The van der Waals surface area contributed by atoms with Gasteiger partial charge in [-0.2, -0.15) is 0 Å². The lowest BCUT2D eigenvalue weighted by atomic mass is 10.2. The van der Waals surface area contributed by atoms with E-state index in [1.54, 1.807) is 34.1 Å². The molecule has 0 radical (unpaired) electrons. The number of H-pyrrole nitrogens is 1. The van der Waals surface area contributed by atoms with Gasteiger partial charge in [0.2, 0.25) is 11.8 Å². The van der Waals surface area contributed by atoms with E-state index in [4.69, 9.17) is 11.6 Å². The number of nitrogens with zero attached hydrogens (tertiary/aromatic N) is 2. The first kappa shape index (κ1) is 20.9. The Balaban J connectivity index is 1.24. The Kier molecular flexibility index (Phi) is 6.23. The molecule has 0 atom stereocenters. The number of para-hydroxylation sites is 1. The molecule has 3 amide bonds. The standard InChI is InChI=1S/C23H23ClN4O3/c24-17-5-7-18(8-6-17)25-21(29)9-10-22(30)27-11-13-28(14-12-27)23(31)20-15-16-3-1-2-4-19(16)26-20/h1-8,15,26H,9-14H2,(H,25,29). The minimum absolute atomic E-state index is 0.0642. The first-order chi connectivity index (χ1) is 15.0. The van der Waals surface area contributed by atoms with Crippen molar-refractivity contribution in [1.29, 1.82) is 0 Å². The first-order valence-corrected chi connectivity index (χ1v) is 10.6. The molecule has 8 heteroatoms. The van der Waals surface area contributed by atoms with Gasteiger partial charge in [-0.3, -0.25) is 14.4 Å². The van der Waals surface area contributed by atoms with Crippen LogP contribution in [0.25, 0.3) is 10.9 Å². The number of aromatic nitrogens is 1. The van der Waals surface area contributed by atoms with Crippen LogP contribution in [0.1, 0.15) is 23.3 Å². The van der Waals surface area contributed by atoms with Crippen LogP contribution in [0.15, 0.2) is 54.6 Å². The Morgan fingerprint density at radius 3 is 2.29 bits per heavy atom. The number of carbonyl (C=O) groups excluding carboxylic acids is 3. The van der Waals surface area contributed by atoms with Crippen LogP contribution in [0.2, 0.25) is 5.02 Å². The lowest BCUT2D eigenvalue weighted by molar-refractivity contribution is -0.134. The van der Waals surface area contributed by atoms with Crippen molar-refractivity contribution in [1.82, 2.24) is 14.8 Å². The third-order valence-corrected chi connectivity index (χ3v) is 5.63. The number of piperazine rings is 1. The molecule has 2 N–H and O–H groups in total. The number of nitrogens with one attached hydrogen (secondary N) is 2. The maximum atomic E-state index is 12.8. The van der Waals surface area contributed by atoms with Gasteiger partial charge in [0.25, 0.3) is 5.91 Å². The van der Waals surface area contributed by atoms with Crippen LogP contribution >= 0.6 is 11.6 Å². The second kappa shape index (κ2) is 9.22.